The molecule has 1 aromatic carbocycles. The van der Waals surface area contributed by atoms with Gasteiger partial charge in [-0.2, -0.15) is 0 Å². The summed E-state index contributed by atoms with van der Waals surface area (Å²) in [5.41, 5.74) is 0.951. The molecule has 0 bridgehead atoms. The van der Waals surface area contributed by atoms with Crippen LogP contribution in [-0.2, 0) is 15.3 Å². The molecule has 0 aromatic heterocycles. The van der Waals surface area contributed by atoms with Crippen LogP contribution in [0.4, 0.5) is 4.39 Å². The Labute approximate surface area is 86.4 Å². The van der Waals surface area contributed by atoms with Crippen molar-refractivity contribution in [2.45, 2.75) is 18.3 Å². The minimum atomic E-state index is -0.906. The zero-order valence-electron chi connectivity index (χ0n) is 8.07. The van der Waals surface area contributed by atoms with E-state index in [0.717, 1.165) is 0 Å². The SMILES string of the molecule is OC1CC2(OCCO2)c2cccc(F)c21. The Balaban J connectivity index is 2.17. The minimum absolute atomic E-state index is 0.281. The monoisotopic (exact) mass is 210 g/mol. The number of rotatable bonds is 0. The highest BCUT2D eigenvalue weighted by atomic mass is 19.1. The van der Waals surface area contributed by atoms with Gasteiger partial charge in [0.25, 0.3) is 0 Å². The van der Waals surface area contributed by atoms with Crippen LogP contribution >= 0.6 is 0 Å². The van der Waals surface area contributed by atoms with Gasteiger partial charge in [-0.25, -0.2) is 4.39 Å². The topological polar surface area (TPSA) is 38.7 Å². The lowest BCUT2D eigenvalue weighted by Gasteiger charge is -2.22. The quantitative estimate of drug-likeness (QED) is 0.704. The number of aliphatic hydroxyl groups excluding tert-OH is 1. The summed E-state index contributed by atoms with van der Waals surface area (Å²) in [4.78, 5) is 0. The van der Waals surface area contributed by atoms with E-state index in [2.05, 4.69) is 0 Å². The van der Waals surface area contributed by atoms with E-state index in [1.54, 1.807) is 12.1 Å². The van der Waals surface area contributed by atoms with E-state index in [1.807, 2.05) is 0 Å². The number of aliphatic hydroxyl groups is 1. The first kappa shape index (κ1) is 9.27. The van der Waals surface area contributed by atoms with Gasteiger partial charge in [-0.05, 0) is 6.07 Å². The van der Waals surface area contributed by atoms with E-state index in [1.165, 1.54) is 6.07 Å². The van der Waals surface area contributed by atoms with Crippen LogP contribution in [-0.4, -0.2) is 18.3 Å². The van der Waals surface area contributed by atoms with Gasteiger partial charge in [-0.3, -0.25) is 0 Å². The van der Waals surface area contributed by atoms with Crippen molar-refractivity contribution in [3.05, 3.63) is 35.1 Å². The normalized spacial score (nSPS) is 27.2. The molecule has 1 aliphatic carbocycles. The molecule has 1 N–H and O–H groups in total. The van der Waals surface area contributed by atoms with E-state index in [0.29, 0.717) is 24.3 Å². The number of halogens is 1. The molecule has 15 heavy (non-hydrogen) atoms. The first-order valence-corrected chi connectivity index (χ1v) is 4.98. The van der Waals surface area contributed by atoms with Gasteiger partial charge in [0.05, 0.1) is 19.3 Å². The largest absolute Gasteiger partial charge is 0.388 e. The molecule has 1 aromatic rings. The summed E-state index contributed by atoms with van der Waals surface area (Å²) >= 11 is 0. The van der Waals surface area contributed by atoms with Crippen LogP contribution in [0.5, 0.6) is 0 Å². The Morgan fingerprint density at radius 2 is 2.07 bits per heavy atom. The molecule has 3 rings (SSSR count). The second kappa shape index (κ2) is 3.01. The van der Waals surface area contributed by atoms with E-state index in [9.17, 15) is 9.50 Å². The average Bonchev–Trinajstić information content (AvgIpc) is 2.76. The van der Waals surface area contributed by atoms with Crippen LogP contribution < -0.4 is 0 Å². The number of fused-ring (bicyclic) bond motifs is 2. The van der Waals surface area contributed by atoms with Crippen molar-refractivity contribution in [2.75, 3.05) is 13.2 Å². The highest BCUT2D eigenvalue weighted by Crippen LogP contribution is 2.49. The Kier molecular flexibility index (Phi) is 1.86. The van der Waals surface area contributed by atoms with Gasteiger partial charge in [0.15, 0.2) is 5.79 Å². The van der Waals surface area contributed by atoms with Gasteiger partial charge in [-0.15, -0.1) is 0 Å². The van der Waals surface area contributed by atoms with Gasteiger partial charge < -0.3 is 14.6 Å². The molecule has 2 aliphatic rings. The Morgan fingerprint density at radius 3 is 2.80 bits per heavy atom. The van der Waals surface area contributed by atoms with E-state index < -0.39 is 17.7 Å². The lowest BCUT2D eigenvalue weighted by molar-refractivity contribution is -0.174. The van der Waals surface area contributed by atoms with Gasteiger partial charge in [0.2, 0.25) is 0 Å². The van der Waals surface area contributed by atoms with E-state index in [4.69, 9.17) is 9.47 Å². The molecule has 3 nitrogen and oxygen atoms in total. The number of benzene rings is 1. The van der Waals surface area contributed by atoms with Gasteiger partial charge in [0.1, 0.15) is 5.82 Å². The first-order chi connectivity index (χ1) is 7.23. The van der Waals surface area contributed by atoms with Crippen LogP contribution in [0.1, 0.15) is 23.7 Å². The molecular weight excluding hydrogens is 199 g/mol. The molecule has 1 saturated heterocycles. The Hall–Kier alpha value is -0.970. The third-order valence-electron chi connectivity index (χ3n) is 3.01. The van der Waals surface area contributed by atoms with Crippen molar-refractivity contribution in [1.82, 2.24) is 0 Å². The molecule has 1 fully saturated rings. The highest BCUT2D eigenvalue weighted by molar-refractivity contribution is 5.39. The van der Waals surface area contributed by atoms with E-state index >= 15 is 0 Å². The highest BCUT2D eigenvalue weighted by Gasteiger charge is 2.49. The predicted octanol–water partition coefficient (Wildman–Crippen LogP) is 1.46. The molecule has 4 heteroatoms. The van der Waals surface area contributed by atoms with Crippen LogP contribution in [0.15, 0.2) is 18.2 Å². The molecular formula is C11H11FO3. The fraction of sp³-hybridized carbons (Fsp3) is 0.455. The number of hydrogen-bond donors (Lipinski definition) is 1. The lowest BCUT2D eigenvalue weighted by atomic mass is 10.1. The maximum Gasteiger partial charge on any atom is 0.198 e. The van der Waals surface area contributed by atoms with Gasteiger partial charge in [-0.1, -0.05) is 12.1 Å². The van der Waals surface area contributed by atoms with Crippen LogP contribution in [0.25, 0.3) is 0 Å². The third kappa shape index (κ3) is 1.16. The van der Waals surface area contributed by atoms with Crippen molar-refractivity contribution in [2.24, 2.45) is 0 Å². The molecule has 1 aliphatic heterocycles. The van der Waals surface area contributed by atoms with Crippen LogP contribution in [0, 0.1) is 5.82 Å². The standard InChI is InChI=1S/C11H11FO3/c12-8-3-1-2-7-10(8)9(13)6-11(7)14-4-5-15-11/h1-3,9,13H,4-6H2. The first-order valence-electron chi connectivity index (χ1n) is 4.98. The zero-order valence-corrected chi connectivity index (χ0v) is 8.07. The van der Waals surface area contributed by atoms with Gasteiger partial charge >= 0.3 is 0 Å². The maximum atomic E-state index is 13.5. The fourth-order valence-electron chi connectivity index (χ4n) is 2.40. The second-order valence-electron chi connectivity index (χ2n) is 3.87. The van der Waals surface area contributed by atoms with Crippen molar-refractivity contribution < 1.29 is 19.0 Å². The Morgan fingerprint density at radius 1 is 1.33 bits per heavy atom. The summed E-state index contributed by atoms with van der Waals surface area (Å²) in [5, 5.41) is 9.79. The summed E-state index contributed by atoms with van der Waals surface area (Å²) in [5.74, 6) is -1.30. The molecule has 1 unspecified atom stereocenters. The lowest BCUT2D eigenvalue weighted by Crippen LogP contribution is -2.23. The van der Waals surface area contributed by atoms with Crippen LogP contribution in [0.3, 0.4) is 0 Å². The number of hydrogen-bond acceptors (Lipinski definition) is 3. The summed E-state index contributed by atoms with van der Waals surface area (Å²) in [6.07, 6.45) is -0.553. The van der Waals surface area contributed by atoms with Crippen molar-refractivity contribution in [3.63, 3.8) is 0 Å². The molecule has 80 valence electrons. The van der Waals surface area contributed by atoms with E-state index in [-0.39, 0.29) is 6.42 Å². The van der Waals surface area contributed by atoms with Gasteiger partial charge in [0, 0.05) is 17.5 Å². The summed E-state index contributed by atoms with van der Waals surface area (Å²) in [6.45, 7) is 0.978. The second-order valence-corrected chi connectivity index (χ2v) is 3.87. The maximum absolute atomic E-state index is 13.5. The fourth-order valence-corrected chi connectivity index (χ4v) is 2.40. The van der Waals surface area contributed by atoms with Crippen molar-refractivity contribution >= 4 is 0 Å². The smallest absolute Gasteiger partial charge is 0.198 e. The van der Waals surface area contributed by atoms with Crippen molar-refractivity contribution in [3.8, 4) is 0 Å². The minimum Gasteiger partial charge on any atom is -0.388 e. The molecule has 0 saturated carbocycles. The zero-order chi connectivity index (χ0) is 10.5. The summed E-state index contributed by atoms with van der Waals surface area (Å²) in [6, 6.07) is 4.70. The summed E-state index contributed by atoms with van der Waals surface area (Å²) in [7, 11) is 0. The average molecular weight is 210 g/mol. The predicted molar refractivity (Wildman–Crippen MR) is 49.6 cm³/mol. The molecule has 1 spiro atoms. The molecule has 1 atom stereocenters. The molecule has 1 heterocycles. The number of ether oxygens (including phenoxy) is 2. The van der Waals surface area contributed by atoms with Crippen molar-refractivity contribution in [1.29, 1.82) is 0 Å². The third-order valence-corrected chi connectivity index (χ3v) is 3.01. The summed E-state index contributed by atoms with van der Waals surface area (Å²) < 4.78 is 24.5. The molecule has 0 radical (unpaired) electrons. The molecule has 0 amide bonds. The Bertz CT molecular complexity index is 399. The van der Waals surface area contributed by atoms with Crippen LogP contribution in [0.2, 0.25) is 0 Å².